The molecule has 220 valence electrons. The minimum absolute atomic E-state index is 0.116. The van der Waals surface area contributed by atoms with Gasteiger partial charge in [0.05, 0.1) is 5.69 Å². The van der Waals surface area contributed by atoms with E-state index in [1.54, 1.807) is 0 Å². The number of aryl methyl sites for hydroxylation is 1. The van der Waals surface area contributed by atoms with Crippen molar-refractivity contribution in [2.24, 2.45) is 0 Å². The fraction of sp³-hybridized carbons (Fsp3) is 0.220. The highest BCUT2D eigenvalue weighted by molar-refractivity contribution is 5.81. The highest BCUT2D eigenvalue weighted by Gasteiger charge is 2.16. The van der Waals surface area contributed by atoms with Gasteiger partial charge in [0.15, 0.2) is 5.82 Å². The molecule has 0 N–H and O–H groups in total. The molecule has 6 aromatic rings. The molecule has 0 bridgehead atoms. The van der Waals surface area contributed by atoms with E-state index in [-0.39, 0.29) is 10.8 Å². The molecule has 0 aliphatic rings. The zero-order valence-corrected chi connectivity index (χ0v) is 26.9. The van der Waals surface area contributed by atoms with Crippen LogP contribution in [0.2, 0.25) is 0 Å². The number of aromatic nitrogens is 3. The zero-order valence-electron chi connectivity index (χ0n) is 26.9. The van der Waals surface area contributed by atoms with Crippen molar-refractivity contribution in [3.05, 3.63) is 138 Å². The third-order valence-corrected chi connectivity index (χ3v) is 8.29. The molecular weight excluding hydrogens is 534 g/mol. The first-order valence-corrected chi connectivity index (χ1v) is 15.4. The number of benzene rings is 5. The summed E-state index contributed by atoms with van der Waals surface area (Å²) in [5.41, 5.74) is 12.1. The van der Waals surface area contributed by atoms with Crippen molar-refractivity contribution >= 4 is 0 Å². The largest absolute Gasteiger partial charge is 0.213 e. The quantitative estimate of drug-likeness (QED) is 0.205. The Labute approximate surface area is 262 Å². The van der Waals surface area contributed by atoms with Gasteiger partial charge in [-0.3, -0.25) is 0 Å². The lowest BCUT2D eigenvalue weighted by atomic mass is 9.85. The van der Waals surface area contributed by atoms with Gasteiger partial charge in [-0.05, 0) is 92.6 Å². The molecule has 3 nitrogen and oxygen atoms in total. The van der Waals surface area contributed by atoms with E-state index in [2.05, 4.69) is 145 Å². The van der Waals surface area contributed by atoms with Crippen LogP contribution in [0.25, 0.3) is 50.5 Å². The molecule has 0 aliphatic carbocycles. The molecular formula is C41H41N3. The van der Waals surface area contributed by atoms with E-state index < -0.39 is 0 Å². The maximum absolute atomic E-state index is 4.72. The molecule has 0 spiro atoms. The van der Waals surface area contributed by atoms with Gasteiger partial charge in [0, 0.05) is 5.56 Å². The summed E-state index contributed by atoms with van der Waals surface area (Å²) in [4.78, 5) is 4.72. The molecule has 0 unspecified atom stereocenters. The van der Waals surface area contributed by atoms with Gasteiger partial charge >= 0.3 is 0 Å². The maximum Gasteiger partial charge on any atom is 0.163 e. The van der Waals surface area contributed by atoms with Crippen LogP contribution in [0.1, 0.15) is 58.5 Å². The molecule has 1 heterocycles. The highest BCUT2D eigenvalue weighted by Crippen LogP contribution is 2.35. The van der Waals surface area contributed by atoms with E-state index in [9.17, 15) is 0 Å². The normalized spacial score (nSPS) is 12.0. The molecule has 44 heavy (non-hydrogen) atoms. The summed E-state index contributed by atoms with van der Waals surface area (Å²) in [5, 5.41) is 4.72. The maximum atomic E-state index is 4.72. The van der Waals surface area contributed by atoms with Gasteiger partial charge in [-0.2, -0.15) is 5.10 Å². The molecule has 3 heteroatoms. The molecule has 5 aromatic carbocycles. The highest BCUT2D eigenvalue weighted by atomic mass is 15.3. The SMILES string of the molecule is Cc1nc(-c2ccccc2)n(-c2ccc(-c3cc(-c4ccc(C(C)(C)C)cc4)cc(-c4ccc(C(C)(C)C)cc4)c3)cc2)n1. The number of hydrogen-bond acceptors (Lipinski definition) is 2. The second kappa shape index (κ2) is 11.4. The van der Waals surface area contributed by atoms with Crippen molar-refractivity contribution in [1.29, 1.82) is 0 Å². The summed E-state index contributed by atoms with van der Waals surface area (Å²) in [6.45, 7) is 15.5. The Morgan fingerprint density at radius 2 is 0.864 bits per heavy atom. The van der Waals surface area contributed by atoms with Crippen molar-refractivity contribution in [3.8, 4) is 50.5 Å². The van der Waals surface area contributed by atoms with Crippen LogP contribution in [0.4, 0.5) is 0 Å². The minimum Gasteiger partial charge on any atom is -0.213 e. The van der Waals surface area contributed by atoms with Crippen molar-refractivity contribution < 1.29 is 0 Å². The smallest absolute Gasteiger partial charge is 0.163 e. The second-order valence-corrected chi connectivity index (χ2v) is 13.8. The number of rotatable bonds is 5. The molecule has 0 saturated heterocycles. The van der Waals surface area contributed by atoms with Crippen LogP contribution in [0.3, 0.4) is 0 Å². The molecule has 0 fully saturated rings. The molecule has 0 saturated carbocycles. The number of hydrogen-bond donors (Lipinski definition) is 0. The van der Waals surface area contributed by atoms with Crippen molar-refractivity contribution in [2.45, 2.75) is 59.3 Å². The Kier molecular flexibility index (Phi) is 7.59. The summed E-state index contributed by atoms with van der Waals surface area (Å²) in [5.74, 6) is 1.60. The Morgan fingerprint density at radius 3 is 1.27 bits per heavy atom. The second-order valence-electron chi connectivity index (χ2n) is 13.8. The van der Waals surface area contributed by atoms with E-state index in [1.165, 1.54) is 38.9 Å². The Bertz CT molecular complexity index is 1800. The van der Waals surface area contributed by atoms with Gasteiger partial charge in [-0.15, -0.1) is 0 Å². The van der Waals surface area contributed by atoms with Gasteiger partial charge in [0.25, 0.3) is 0 Å². The zero-order chi connectivity index (χ0) is 31.1. The summed E-state index contributed by atoms with van der Waals surface area (Å²) >= 11 is 0. The van der Waals surface area contributed by atoms with Crippen LogP contribution in [-0.2, 0) is 10.8 Å². The van der Waals surface area contributed by atoms with E-state index in [0.717, 1.165) is 28.5 Å². The topological polar surface area (TPSA) is 30.7 Å². The van der Waals surface area contributed by atoms with E-state index in [4.69, 9.17) is 10.1 Å². The molecule has 0 radical (unpaired) electrons. The van der Waals surface area contributed by atoms with Crippen molar-refractivity contribution in [2.75, 3.05) is 0 Å². The van der Waals surface area contributed by atoms with E-state index >= 15 is 0 Å². The molecule has 0 aliphatic heterocycles. The van der Waals surface area contributed by atoms with Crippen molar-refractivity contribution in [3.63, 3.8) is 0 Å². The minimum atomic E-state index is 0.116. The van der Waals surface area contributed by atoms with Gasteiger partial charge in [-0.1, -0.05) is 133 Å². The first kappa shape index (κ1) is 29.3. The Hall–Kier alpha value is -4.76. The van der Waals surface area contributed by atoms with Crippen LogP contribution in [0, 0.1) is 6.92 Å². The summed E-state index contributed by atoms with van der Waals surface area (Å²) in [7, 11) is 0. The Morgan fingerprint density at radius 1 is 0.455 bits per heavy atom. The molecule has 0 atom stereocenters. The van der Waals surface area contributed by atoms with Gasteiger partial charge in [0.2, 0.25) is 0 Å². The Balaban J connectivity index is 1.42. The van der Waals surface area contributed by atoms with Crippen LogP contribution in [0.15, 0.2) is 121 Å². The fourth-order valence-corrected chi connectivity index (χ4v) is 5.62. The molecule has 6 rings (SSSR count). The molecule has 1 aromatic heterocycles. The lowest BCUT2D eigenvalue weighted by molar-refractivity contribution is 0.590. The lowest BCUT2D eigenvalue weighted by Crippen LogP contribution is -2.10. The molecule has 0 amide bonds. The lowest BCUT2D eigenvalue weighted by Gasteiger charge is -2.20. The van der Waals surface area contributed by atoms with Crippen LogP contribution in [0.5, 0.6) is 0 Å². The first-order chi connectivity index (χ1) is 21.0. The van der Waals surface area contributed by atoms with Gasteiger partial charge in [0.1, 0.15) is 5.82 Å². The van der Waals surface area contributed by atoms with Gasteiger partial charge < -0.3 is 0 Å². The first-order valence-electron chi connectivity index (χ1n) is 15.4. The number of nitrogens with zero attached hydrogens (tertiary/aromatic N) is 3. The summed E-state index contributed by atoms with van der Waals surface area (Å²) < 4.78 is 1.93. The van der Waals surface area contributed by atoms with Gasteiger partial charge in [-0.25, -0.2) is 9.67 Å². The summed E-state index contributed by atoms with van der Waals surface area (Å²) in [6, 6.07) is 43.9. The van der Waals surface area contributed by atoms with Crippen LogP contribution in [-0.4, -0.2) is 14.8 Å². The average molecular weight is 576 g/mol. The standard InChI is InChI=1S/C41H41N3/c1-28-42-39(32-11-9-8-10-12-32)44(43-28)38-23-17-31(18-24-38)35-26-33(29-13-19-36(20-14-29)40(2,3)4)25-34(27-35)30-15-21-37(22-16-30)41(5,6)7/h8-27H,1-7H3. The van der Waals surface area contributed by atoms with E-state index in [1.807, 2.05) is 29.8 Å². The van der Waals surface area contributed by atoms with E-state index in [0.29, 0.717) is 0 Å². The van der Waals surface area contributed by atoms with Crippen molar-refractivity contribution in [1.82, 2.24) is 14.8 Å². The third-order valence-electron chi connectivity index (χ3n) is 8.29. The summed E-state index contributed by atoms with van der Waals surface area (Å²) in [6.07, 6.45) is 0. The third kappa shape index (κ3) is 6.14. The fourth-order valence-electron chi connectivity index (χ4n) is 5.62. The monoisotopic (exact) mass is 575 g/mol. The predicted molar refractivity (Wildman–Crippen MR) is 185 cm³/mol. The van der Waals surface area contributed by atoms with Crippen LogP contribution < -0.4 is 0 Å². The van der Waals surface area contributed by atoms with Crippen LogP contribution >= 0.6 is 0 Å². The average Bonchev–Trinajstić information content (AvgIpc) is 3.42. The predicted octanol–water partition coefficient (Wildman–Crippen LogP) is 10.8.